The maximum absolute atomic E-state index is 13.8. The van der Waals surface area contributed by atoms with Gasteiger partial charge in [0.05, 0.1) is 6.54 Å². The van der Waals surface area contributed by atoms with E-state index in [1.807, 2.05) is 29.2 Å². The minimum absolute atomic E-state index is 0.0150. The predicted molar refractivity (Wildman–Crippen MR) is 101 cm³/mol. The van der Waals surface area contributed by atoms with Gasteiger partial charge in [-0.2, -0.15) is 0 Å². The highest BCUT2D eigenvalue weighted by Gasteiger charge is 2.44. The molecule has 0 spiro atoms. The highest BCUT2D eigenvalue weighted by Crippen LogP contribution is 2.48. The lowest BCUT2D eigenvalue weighted by Crippen LogP contribution is -2.47. The van der Waals surface area contributed by atoms with Crippen LogP contribution in [0.3, 0.4) is 0 Å². The van der Waals surface area contributed by atoms with Gasteiger partial charge < -0.3 is 15.5 Å². The van der Waals surface area contributed by atoms with Gasteiger partial charge in [0.2, 0.25) is 11.8 Å². The summed E-state index contributed by atoms with van der Waals surface area (Å²) in [4.78, 5) is 25.9. The third-order valence-electron chi connectivity index (χ3n) is 5.24. The van der Waals surface area contributed by atoms with E-state index in [0.717, 1.165) is 17.8 Å². The number of nitrogens with one attached hydrogen (secondary N) is 2. The van der Waals surface area contributed by atoms with Gasteiger partial charge in [-0.1, -0.05) is 30.3 Å². The quantitative estimate of drug-likeness (QED) is 0.852. The Labute approximate surface area is 157 Å². The van der Waals surface area contributed by atoms with Crippen molar-refractivity contribution in [1.29, 1.82) is 0 Å². The minimum atomic E-state index is -0.236. The van der Waals surface area contributed by atoms with Crippen LogP contribution in [0.25, 0.3) is 0 Å². The second-order valence-electron chi connectivity index (χ2n) is 7.13. The fourth-order valence-corrected chi connectivity index (χ4v) is 3.61. The first-order valence-electron chi connectivity index (χ1n) is 9.24. The van der Waals surface area contributed by atoms with Gasteiger partial charge in [-0.05, 0) is 41.7 Å². The van der Waals surface area contributed by atoms with Gasteiger partial charge in [0.1, 0.15) is 5.82 Å². The molecule has 2 aromatic rings. The van der Waals surface area contributed by atoms with Crippen molar-refractivity contribution in [2.45, 2.75) is 18.9 Å². The number of anilines is 1. The Bertz CT molecular complexity index is 853. The van der Waals surface area contributed by atoms with E-state index < -0.39 is 0 Å². The van der Waals surface area contributed by atoms with Gasteiger partial charge in [-0.15, -0.1) is 0 Å². The molecule has 1 aliphatic heterocycles. The highest BCUT2D eigenvalue weighted by molar-refractivity contribution is 5.83. The number of carbonyl (C=O) groups is 2. The lowest BCUT2D eigenvalue weighted by atomic mass is 10.1. The third kappa shape index (κ3) is 3.94. The van der Waals surface area contributed by atoms with Crippen LogP contribution in [0.5, 0.6) is 0 Å². The SMILES string of the molecule is O=C1CN(c2ccc(CNC(=O)C3CC3c3ccccc3F)cc2)CCN1. The average molecular weight is 367 g/mol. The van der Waals surface area contributed by atoms with E-state index in [1.54, 1.807) is 18.2 Å². The van der Waals surface area contributed by atoms with Gasteiger partial charge >= 0.3 is 0 Å². The van der Waals surface area contributed by atoms with Crippen LogP contribution in [0.4, 0.5) is 10.1 Å². The number of carbonyl (C=O) groups excluding carboxylic acids is 2. The molecule has 27 heavy (non-hydrogen) atoms. The van der Waals surface area contributed by atoms with Crippen LogP contribution >= 0.6 is 0 Å². The molecule has 0 bridgehead atoms. The number of nitrogens with zero attached hydrogens (tertiary/aromatic N) is 1. The fourth-order valence-electron chi connectivity index (χ4n) is 3.61. The minimum Gasteiger partial charge on any atom is -0.360 e. The largest absolute Gasteiger partial charge is 0.360 e. The normalized spacial score (nSPS) is 21.5. The summed E-state index contributed by atoms with van der Waals surface area (Å²) in [5.74, 6) is -0.391. The van der Waals surface area contributed by atoms with Crippen LogP contribution in [0.15, 0.2) is 48.5 Å². The third-order valence-corrected chi connectivity index (χ3v) is 5.24. The zero-order valence-electron chi connectivity index (χ0n) is 15.0. The molecule has 5 nitrogen and oxygen atoms in total. The topological polar surface area (TPSA) is 61.4 Å². The molecule has 2 N–H and O–H groups in total. The maximum atomic E-state index is 13.8. The number of piperazine rings is 1. The molecule has 2 aromatic carbocycles. The number of halogens is 1. The Morgan fingerprint density at radius 1 is 1.19 bits per heavy atom. The molecule has 6 heteroatoms. The number of rotatable bonds is 5. The van der Waals surface area contributed by atoms with Crippen molar-refractivity contribution in [3.8, 4) is 0 Å². The summed E-state index contributed by atoms with van der Waals surface area (Å²) < 4.78 is 13.8. The van der Waals surface area contributed by atoms with Crippen molar-refractivity contribution >= 4 is 17.5 Å². The van der Waals surface area contributed by atoms with E-state index in [0.29, 0.717) is 31.6 Å². The van der Waals surface area contributed by atoms with Crippen molar-refractivity contribution in [2.24, 2.45) is 5.92 Å². The number of benzene rings is 2. The van der Waals surface area contributed by atoms with Crippen LogP contribution in [0.1, 0.15) is 23.5 Å². The average Bonchev–Trinajstić information content (AvgIpc) is 3.48. The van der Waals surface area contributed by atoms with Crippen LogP contribution < -0.4 is 15.5 Å². The number of hydrogen-bond acceptors (Lipinski definition) is 3. The van der Waals surface area contributed by atoms with E-state index >= 15 is 0 Å². The predicted octanol–water partition coefficient (Wildman–Crippen LogP) is 2.18. The zero-order chi connectivity index (χ0) is 18.8. The summed E-state index contributed by atoms with van der Waals surface area (Å²) in [5.41, 5.74) is 2.63. The van der Waals surface area contributed by atoms with Crippen molar-refractivity contribution < 1.29 is 14.0 Å². The Balaban J connectivity index is 1.30. The highest BCUT2D eigenvalue weighted by atomic mass is 19.1. The lowest BCUT2D eigenvalue weighted by molar-refractivity contribution is -0.122. The monoisotopic (exact) mass is 367 g/mol. The molecule has 2 unspecified atom stereocenters. The summed E-state index contributed by atoms with van der Waals surface area (Å²) in [6.45, 7) is 2.26. The molecular weight excluding hydrogens is 345 g/mol. The molecule has 1 heterocycles. The molecule has 2 fully saturated rings. The van der Waals surface area contributed by atoms with Crippen molar-refractivity contribution in [3.05, 3.63) is 65.5 Å². The van der Waals surface area contributed by atoms with Crippen molar-refractivity contribution in [1.82, 2.24) is 10.6 Å². The summed E-state index contributed by atoms with van der Waals surface area (Å²) >= 11 is 0. The van der Waals surface area contributed by atoms with E-state index in [2.05, 4.69) is 10.6 Å². The van der Waals surface area contributed by atoms with Crippen LogP contribution in [-0.2, 0) is 16.1 Å². The van der Waals surface area contributed by atoms with E-state index in [1.165, 1.54) is 6.07 Å². The Kier molecular flexibility index (Phi) is 4.79. The van der Waals surface area contributed by atoms with Gasteiger partial charge in [0.25, 0.3) is 0 Å². The first-order valence-corrected chi connectivity index (χ1v) is 9.24. The molecule has 140 valence electrons. The standard InChI is InChI=1S/C21H22FN3O2/c22-19-4-2-1-3-16(19)17-11-18(17)21(27)24-12-14-5-7-15(8-6-14)25-10-9-23-20(26)13-25/h1-8,17-18H,9-13H2,(H,23,26)(H,24,27). The molecular formula is C21H22FN3O2. The molecule has 2 amide bonds. The van der Waals surface area contributed by atoms with Crippen molar-refractivity contribution in [3.63, 3.8) is 0 Å². The van der Waals surface area contributed by atoms with E-state index in [-0.39, 0.29) is 29.5 Å². The van der Waals surface area contributed by atoms with Crippen LogP contribution in [-0.4, -0.2) is 31.4 Å². The Hall–Kier alpha value is -2.89. The second-order valence-corrected chi connectivity index (χ2v) is 7.13. The van der Waals surface area contributed by atoms with Crippen LogP contribution in [0.2, 0.25) is 0 Å². The van der Waals surface area contributed by atoms with E-state index in [9.17, 15) is 14.0 Å². The molecule has 2 aliphatic rings. The maximum Gasteiger partial charge on any atom is 0.239 e. The zero-order valence-corrected chi connectivity index (χ0v) is 15.0. The summed E-state index contributed by atoms with van der Waals surface area (Å²) in [6.07, 6.45) is 0.697. The molecule has 1 saturated carbocycles. The van der Waals surface area contributed by atoms with Gasteiger partial charge in [-0.25, -0.2) is 4.39 Å². The molecule has 4 rings (SSSR count). The van der Waals surface area contributed by atoms with E-state index in [4.69, 9.17) is 0 Å². The van der Waals surface area contributed by atoms with Crippen LogP contribution in [0, 0.1) is 11.7 Å². The summed E-state index contributed by atoms with van der Waals surface area (Å²) in [6, 6.07) is 14.5. The summed E-state index contributed by atoms with van der Waals surface area (Å²) in [7, 11) is 0. The Morgan fingerprint density at radius 2 is 1.96 bits per heavy atom. The van der Waals surface area contributed by atoms with Gasteiger partial charge in [0.15, 0.2) is 0 Å². The first kappa shape index (κ1) is 17.5. The molecule has 1 saturated heterocycles. The fraction of sp³-hybridized carbons (Fsp3) is 0.333. The van der Waals surface area contributed by atoms with Gasteiger partial charge in [-0.3, -0.25) is 9.59 Å². The molecule has 0 aromatic heterocycles. The molecule has 2 atom stereocenters. The smallest absolute Gasteiger partial charge is 0.239 e. The Morgan fingerprint density at radius 3 is 2.70 bits per heavy atom. The number of amides is 2. The van der Waals surface area contributed by atoms with Gasteiger partial charge in [0, 0.05) is 31.2 Å². The first-order chi connectivity index (χ1) is 13.1. The lowest BCUT2D eigenvalue weighted by Gasteiger charge is -2.28. The summed E-state index contributed by atoms with van der Waals surface area (Å²) in [5, 5.41) is 5.76. The van der Waals surface area contributed by atoms with Crippen molar-refractivity contribution in [2.75, 3.05) is 24.5 Å². The molecule has 0 radical (unpaired) electrons. The second kappa shape index (κ2) is 7.39. The number of hydrogen-bond donors (Lipinski definition) is 2. The molecule has 1 aliphatic carbocycles.